The van der Waals surface area contributed by atoms with Gasteiger partial charge in [-0.15, -0.1) is 0 Å². The van der Waals surface area contributed by atoms with Gasteiger partial charge in [-0.2, -0.15) is 0 Å². The van der Waals surface area contributed by atoms with Crippen LogP contribution in [0.3, 0.4) is 0 Å². The maximum atomic E-state index is 2.39. The van der Waals surface area contributed by atoms with Crippen molar-refractivity contribution in [2.45, 2.75) is 19.8 Å². The summed E-state index contributed by atoms with van der Waals surface area (Å²) in [5, 5.41) is 1.42. The molecule has 1 atom stereocenters. The third-order valence-corrected chi connectivity index (χ3v) is 6.17. The standard InChI is InChI=1S/C17H16Se/c1-12-7-9-14(10-8-12)13(2)17-11-15-5-3-4-6-16(15)18-17/h3-11,13H,1-2H3. The summed E-state index contributed by atoms with van der Waals surface area (Å²) < 4.78 is 3.12. The average molecular weight is 299 g/mol. The van der Waals surface area contributed by atoms with E-state index in [0.29, 0.717) is 20.4 Å². The molecule has 0 bridgehead atoms. The molecule has 3 aromatic rings. The Labute approximate surface area is 114 Å². The predicted molar refractivity (Wildman–Crippen MR) is 79.6 cm³/mol. The van der Waals surface area contributed by atoms with Crippen molar-refractivity contribution in [1.82, 2.24) is 0 Å². The first-order chi connectivity index (χ1) is 8.74. The first-order valence-corrected chi connectivity index (χ1v) is 8.00. The molecule has 0 fully saturated rings. The van der Waals surface area contributed by atoms with E-state index in [4.69, 9.17) is 0 Å². The third kappa shape index (κ3) is 2.16. The normalized spacial score (nSPS) is 12.8. The van der Waals surface area contributed by atoms with Crippen molar-refractivity contribution in [1.29, 1.82) is 0 Å². The first-order valence-electron chi connectivity index (χ1n) is 6.29. The fourth-order valence-corrected chi connectivity index (χ4v) is 4.64. The summed E-state index contributed by atoms with van der Waals surface area (Å²) in [7, 11) is 0. The van der Waals surface area contributed by atoms with Crippen LogP contribution in [0.4, 0.5) is 0 Å². The van der Waals surface area contributed by atoms with E-state index in [1.54, 1.807) is 4.44 Å². The SMILES string of the molecule is Cc1ccc(C(C)c2cc3ccccc3[se]2)cc1. The molecule has 0 aliphatic rings. The van der Waals surface area contributed by atoms with Gasteiger partial charge in [0.15, 0.2) is 0 Å². The van der Waals surface area contributed by atoms with Crippen molar-refractivity contribution in [2.24, 2.45) is 0 Å². The Bertz CT molecular complexity index is 628. The van der Waals surface area contributed by atoms with Crippen LogP contribution in [0.15, 0.2) is 54.6 Å². The van der Waals surface area contributed by atoms with E-state index in [-0.39, 0.29) is 0 Å². The molecule has 0 aliphatic carbocycles. The number of aryl methyl sites for hydroxylation is 1. The Kier molecular flexibility index (Phi) is 3.11. The van der Waals surface area contributed by atoms with Crippen molar-refractivity contribution in [3.05, 3.63) is 70.2 Å². The van der Waals surface area contributed by atoms with Crippen LogP contribution in [0.1, 0.15) is 28.4 Å². The van der Waals surface area contributed by atoms with Crippen molar-refractivity contribution in [3.63, 3.8) is 0 Å². The van der Waals surface area contributed by atoms with Gasteiger partial charge in [-0.1, -0.05) is 0 Å². The number of fused-ring (bicyclic) bond motifs is 1. The molecule has 0 saturated heterocycles. The Morgan fingerprint density at radius 3 is 2.39 bits per heavy atom. The van der Waals surface area contributed by atoms with E-state index in [9.17, 15) is 0 Å². The van der Waals surface area contributed by atoms with E-state index >= 15 is 0 Å². The summed E-state index contributed by atoms with van der Waals surface area (Å²) >= 11 is 0.501. The zero-order valence-electron chi connectivity index (χ0n) is 10.7. The van der Waals surface area contributed by atoms with E-state index in [0.717, 1.165) is 0 Å². The number of hydrogen-bond donors (Lipinski definition) is 0. The minimum atomic E-state index is 0.501. The van der Waals surface area contributed by atoms with Gasteiger partial charge in [0.1, 0.15) is 0 Å². The molecule has 0 amide bonds. The van der Waals surface area contributed by atoms with Crippen LogP contribution in [0.2, 0.25) is 0 Å². The maximum absolute atomic E-state index is 2.39. The first kappa shape index (κ1) is 11.8. The molecule has 0 aliphatic heterocycles. The fraction of sp³-hybridized carbons (Fsp3) is 0.176. The molecule has 1 heteroatoms. The van der Waals surface area contributed by atoms with Crippen LogP contribution in [0, 0.1) is 6.92 Å². The second kappa shape index (κ2) is 4.76. The van der Waals surface area contributed by atoms with Crippen LogP contribution in [-0.4, -0.2) is 14.5 Å². The molecular weight excluding hydrogens is 283 g/mol. The molecule has 0 saturated carbocycles. The zero-order chi connectivity index (χ0) is 12.5. The molecule has 0 N–H and O–H groups in total. The quantitative estimate of drug-likeness (QED) is 0.617. The molecule has 1 unspecified atom stereocenters. The number of benzene rings is 2. The molecule has 0 radical (unpaired) electrons. The van der Waals surface area contributed by atoms with Crippen LogP contribution in [0.5, 0.6) is 0 Å². The summed E-state index contributed by atoms with van der Waals surface area (Å²) in [6, 6.07) is 20.1. The molecule has 90 valence electrons. The summed E-state index contributed by atoms with van der Waals surface area (Å²) in [5.41, 5.74) is 2.77. The second-order valence-corrected chi connectivity index (χ2v) is 7.16. The van der Waals surface area contributed by atoms with Gasteiger partial charge in [0, 0.05) is 0 Å². The van der Waals surface area contributed by atoms with Gasteiger partial charge in [0.05, 0.1) is 0 Å². The van der Waals surface area contributed by atoms with Crippen molar-refractivity contribution in [3.8, 4) is 0 Å². The molecule has 3 rings (SSSR count). The van der Waals surface area contributed by atoms with Gasteiger partial charge in [0.25, 0.3) is 0 Å². The van der Waals surface area contributed by atoms with Crippen LogP contribution >= 0.6 is 0 Å². The fourth-order valence-electron chi connectivity index (χ4n) is 2.24. The summed E-state index contributed by atoms with van der Waals surface area (Å²) in [6.07, 6.45) is 0. The zero-order valence-corrected chi connectivity index (χ0v) is 12.4. The summed E-state index contributed by atoms with van der Waals surface area (Å²) in [5.74, 6) is 0.540. The molecule has 1 aromatic heterocycles. The third-order valence-electron chi connectivity index (χ3n) is 3.45. The van der Waals surface area contributed by atoms with E-state index < -0.39 is 0 Å². The molecule has 0 spiro atoms. The van der Waals surface area contributed by atoms with E-state index in [1.807, 2.05) is 0 Å². The molecule has 1 heterocycles. The molecular formula is C17H16Se. The number of rotatable bonds is 2. The van der Waals surface area contributed by atoms with Gasteiger partial charge in [0.2, 0.25) is 0 Å². The van der Waals surface area contributed by atoms with Crippen LogP contribution in [0.25, 0.3) is 9.65 Å². The van der Waals surface area contributed by atoms with Crippen molar-refractivity contribution >= 4 is 24.1 Å². The van der Waals surface area contributed by atoms with Crippen molar-refractivity contribution < 1.29 is 0 Å². The average Bonchev–Trinajstić information content (AvgIpc) is 2.82. The van der Waals surface area contributed by atoms with Gasteiger partial charge in [-0.3, -0.25) is 0 Å². The van der Waals surface area contributed by atoms with Gasteiger partial charge < -0.3 is 0 Å². The van der Waals surface area contributed by atoms with Crippen LogP contribution < -0.4 is 0 Å². The molecule has 18 heavy (non-hydrogen) atoms. The monoisotopic (exact) mass is 300 g/mol. The van der Waals surface area contributed by atoms with Crippen molar-refractivity contribution in [2.75, 3.05) is 0 Å². The van der Waals surface area contributed by atoms with Gasteiger partial charge in [-0.25, -0.2) is 0 Å². The molecule has 0 nitrogen and oxygen atoms in total. The van der Waals surface area contributed by atoms with E-state index in [2.05, 4.69) is 68.4 Å². The summed E-state index contributed by atoms with van der Waals surface area (Å²) in [4.78, 5) is 0. The Morgan fingerprint density at radius 2 is 1.67 bits per heavy atom. The van der Waals surface area contributed by atoms with Crippen LogP contribution in [-0.2, 0) is 0 Å². The minimum absolute atomic E-state index is 0.501. The Balaban J connectivity index is 2.00. The number of hydrogen-bond acceptors (Lipinski definition) is 0. The topological polar surface area (TPSA) is 0 Å². The summed E-state index contributed by atoms with van der Waals surface area (Å²) in [6.45, 7) is 4.47. The Morgan fingerprint density at radius 1 is 0.944 bits per heavy atom. The van der Waals surface area contributed by atoms with Gasteiger partial charge in [-0.05, 0) is 0 Å². The predicted octanol–water partition coefficient (Wildman–Crippen LogP) is 4.36. The molecule has 2 aromatic carbocycles. The Hall–Kier alpha value is -1.30. The van der Waals surface area contributed by atoms with E-state index in [1.165, 1.54) is 20.8 Å². The second-order valence-electron chi connectivity index (χ2n) is 4.82. The van der Waals surface area contributed by atoms with Gasteiger partial charge >= 0.3 is 114 Å².